The molecule has 0 aliphatic carbocycles. The van der Waals surface area contributed by atoms with Crippen LogP contribution < -0.4 is 5.32 Å². The molecule has 3 saturated heterocycles. The lowest BCUT2D eigenvalue weighted by molar-refractivity contribution is -0.120. The van der Waals surface area contributed by atoms with Gasteiger partial charge in [0.05, 0.1) is 21.3 Å². The second-order valence-corrected chi connectivity index (χ2v) is 21.2. The number of hydrogen-bond donors (Lipinski definition) is 1. The number of aryl methyl sites for hydroxylation is 3. The Morgan fingerprint density at radius 2 is 0.965 bits per heavy atom. The molecule has 3 aromatic rings. The molecule has 0 amide bonds. The average molecular weight is 867 g/mol. The predicted octanol–water partition coefficient (Wildman–Crippen LogP) is 7.47. The van der Waals surface area contributed by atoms with Gasteiger partial charge in [0, 0.05) is 69.1 Å². The van der Waals surface area contributed by atoms with Crippen molar-refractivity contribution >= 4 is 45.6 Å². The summed E-state index contributed by atoms with van der Waals surface area (Å²) in [6, 6.07) is 21.2. The highest BCUT2D eigenvalue weighted by Gasteiger charge is 2.41. The van der Waals surface area contributed by atoms with E-state index in [1.165, 1.54) is 15.4 Å². The first-order valence-electron chi connectivity index (χ1n) is 20.3. The maximum Gasteiger partial charge on any atom is 0.261 e. The fraction of sp³-hybridized carbons (Fsp3) is 0.548. The molecule has 1 N–H and O–H groups in total. The summed E-state index contributed by atoms with van der Waals surface area (Å²) in [6.45, 7) is 9.61. The maximum atomic E-state index is 12.8. The van der Waals surface area contributed by atoms with E-state index >= 15 is 0 Å². The monoisotopic (exact) mass is 865 g/mol. The summed E-state index contributed by atoms with van der Waals surface area (Å²) < 4.78 is 81.0. The van der Waals surface area contributed by atoms with Crippen LogP contribution >= 0.6 is 10.7 Å². The zero-order chi connectivity index (χ0) is 41.5. The number of unbranched alkanes of at least 4 members (excludes halogenated alkanes) is 3. The highest BCUT2D eigenvalue weighted by Crippen LogP contribution is 2.30. The van der Waals surface area contributed by atoms with Crippen LogP contribution in [-0.4, -0.2) is 84.7 Å². The highest BCUT2D eigenvalue weighted by molar-refractivity contribution is 8.13. The summed E-state index contributed by atoms with van der Waals surface area (Å²) in [5.41, 5.74) is 3.22. The Balaban J connectivity index is 0.000000195. The van der Waals surface area contributed by atoms with Crippen molar-refractivity contribution in [1.29, 1.82) is 0 Å². The number of halogens is 1. The molecule has 57 heavy (non-hydrogen) atoms. The number of benzene rings is 3. The van der Waals surface area contributed by atoms with Gasteiger partial charge in [0.2, 0.25) is 20.0 Å². The standard InChI is InChI=1S/C17H26N2O3S.C15H21NO3S.C10H13ClO2S/c1-2-3-4-15-5-7-16(8-6-15)23(20,21)19-12-9-17(10-13-19)18-11-14-22-17;1-2-3-4-13-5-7-15(8-6-13)20(18,19)16-11-9-14(17)10-12-16;1-2-3-4-9-5-7-10(8-6-9)14(11,12)13/h5-8,18H,2-4,9-14H2,1H3;5-8H,2-4,9-12H2,1H3;5-8H,2-4H2,1H3. The van der Waals surface area contributed by atoms with E-state index in [1.807, 2.05) is 36.4 Å². The number of carbonyl (C=O) groups excluding carboxylic acids is 1. The molecule has 15 heteroatoms. The van der Waals surface area contributed by atoms with Crippen LogP contribution in [-0.2, 0) is 57.9 Å². The number of Topliss-reactive ketones (excluding diaryl/α,β-unsaturated/α-hetero) is 1. The molecule has 0 saturated carbocycles. The van der Waals surface area contributed by atoms with Gasteiger partial charge in [-0.15, -0.1) is 0 Å². The van der Waals surface area contributed by atoms with E-state index in [9.17, 15) is 30.0 Å². The lowest BCUT2D eigenvalue weighted by atomic mass is 10.0. The SMILES string of the molecule is CCCCc1ccc(S(=O)(=O)Cl)cc1.CCCCc1ccc(S(=O)(=O)N2CCC(=O)CC2)cc1.CCCCc1ccc(S(=O)(=O)N2CCC3(CC2)NCCO3)cc1. The smallest absolute Gasteiger partial charge is 0.261 e. The number of ketones is 1. The molecule has 1 spiro atoms. The van der Waals surface area contributed by atoms with Crippen molar-refractivity contribution in [3.63, 3.8) is 0 Å². The van der Waals surface area contributed by atoms with Gasteiger partial charge in [0.25, 0.3) is 9.05 Å². The number of sulfonamides is 2. The van der Waals surface area contributed by atoms with E-state index < -0.39 is 29.1 Å². The van der Waals surface area contributed by atoms with Gasteiger partial charge in [-0.3, -0.25) is 10.1 Å². The number of nitrogens with zero attached hydrogens (tertiary/aromatic N) is 2. The van der Waals surface area contributed by atoms with Crippen LogP contribution in [0.3, 0.4) is 0 Å². The Labute approximate surface area is 346 Å². The third kappa shape index (κ3) is 13.9. The number of piperidine rings is 2. The molecule has 0 unspecified atom stereocenters. The summed E-state index contributed by atoms with van der Waals surface area (Å²) >= 11 is 0. The Morgan fingerprint density at radius 3 is 1.30 bits per heavy atom. The fourth-order valence-corrected chi connectivity index (χ4v) is 10.5. The van der Waals surface area contributed by atoms with Crippen molar-refractivity contribution in [2.75, 3.05) is 39.3 Å². The van der Waals surface area contributed by atoms with Crippen molar-refractivity contribution < 1.29 is 34.8 Å². The van der Waals surface area contributed by atoms with Gasteiger partial charge in [0.1, 0.15) is 11.5 Å². The molecule has 6 rings (SSSR count). The van der Waals surface area contributed by atoms with E-state index in [4.69, 9.17) is 15.4 Å². The molecular weight excluding hydrogens is 806 g/mol. The molecule has 0 radical (unpaired) electrons. The molecule has 3 fully saturated rings. The van der Waals surface area contributed by atoms with Gasteiger partial charge in [-0.05, 0) is 91.6 Å². The Bertz CT molecular complexity index is 2020. The van der Waals surface area contributed by atoms with Gasteiger partial charge in [-0.2, -0.15) is 8.61 Å². The van der Waals surface area contributed by atoms with E-state index in [0.29, 0.717) is 68.3 Å². The zero-order valence-electron chi connectivity index (χ0n) is 33.6. The number of nitrogens with one attached hydrogen (secondary N) is 1. The molecule has 3 aliphatic rings. The van der Waals surface area contributed by atoms with Crippen molar-refractivity contribution in [1.82, 2.24) is 13.9 Å². The molecule has 3 heterocycles. The lowest BCUT2D eigenvalue weighted by Gasteiger charge is -2.37. The third-order valence-electron chi connectivity index (χ3n) is 10.5. The van der Waals surface area contributed by atoms with Gasteiger partial charge >= 0.3 is 0 Å². The van der Waals surface area contributed by atoms with Crippen molar-refractivity contribution in [2.45, 2.75) is 125 Å². The average Bonchev–Trinajstić information content (AvgIpc) is 3.66. The van der Waals surface area contributed by atoms with E-state index in [1.54, 1.807) is 40.7 Å². The van der Waals surface area contributed by atoms with Crippen molar-refractivity contribution in [3.8, 4) is 0 Å². The van der Waals surface area contributed by atoms with Gasteiger partial charge in [-0.1, -0.05) is 76.4 Å². The van der Waals surface area contributed by atoms with Gasteiger partial charge in [-0.25, -0.2) is 25.3 Å². The van der Waals surface area contributed by atoms with Gasteiger partial charge < -0.3 is 4.74 Å². The molecule has 0 atom stereocenters. The summed E-state index contributed by atoms with van der Waals surface area (Å²) in [4.78, 5) is 12.1. The van der Waals surface area contributed by atoms with Crippen LogP contribution in [0.2, 0.25) is 0 Å². The molecule has 3 aromatic carbocycles. The Morgan fingerprint density at radius 1 is 0.596 bits per heavy atom. The van der Waals surface area contributed by atoms with Crippen molar-refractivity contribution in [2.24, 2.45) is 0 Å². The van der Waals surface area contributed by atoms with Crippen LogP contribution in [0.1, 0.15) is 102 Å². The molecule has 3 aliphatic heterocycles. The van der Waals surface area contributed by atoms with Crippen molar-refractivity contribution in [3.05, 3.63) is 89.5 Å². The van der Waals surface area contributed by atoms with E-state index in [0.717, 1.165) is 69.9 Å². The minimum Gasteiger partial charge on any atom is -0.359 e. The third-order valence-corrected chi connectivity index (χ3v) is 15.7. The zero-order valence-corrected chi connectivity index (χ0v) is 36.8. The minimum atomic E-state index is -3.57. The number of rotatable bonds is 14. The van der Waals surface area contributed by atoms with Crippen LogP contribution in [0, 0.1) is 0 Å². The second kappa shape index (κ2) is 22.1. The summed E-state index contributed by atoms with van der Waals surface area (Å²) in [7, 11) is -5.22. The molecular formula is C42H60ClN3O8S3. The first-order chi connectivity index (χ1) is 27.1. The van der Waals surface area contributed by atoms with E-state index in [-0.39, 0.29) is 16.4 Å². The Hall–Kier alpha value is -2.69. The largest absolute Gasteiger partial charge is 0.359 e. The van der Waals surface area contributed by atoms with Crippen LogP contribution in [0.15, 0.2) is 87.5 Å². The fourth-order valence-electron chi connectivity index (χ4n) is 6.88. The second-order valence-electron chi connectivity index (χ2n) is 14.8. The summed E-state index contributed by atoms with van der Waals surface area (Å²) in [6.07, 6.45) is 11.8. The van der Waals surface area contributed by atoms with E-state index in [2.05, 4.69) is 26.1 Å². The number of hydrogen-bond acceptors (Lipinski definition) is 9. The highest BCUT2D eigenvalue weighted by atomic mass is 35.7. The van der Waals surface area contributed by atoms with Crippen LogP contribution in [0.4, 0.5) is 0 Å². The number of carbonyl (C=O) groups is 1. The van der Waals surface area contributed by atoms with Crippen LogP contribution in [0.5, 0.6) is 0 Å². The Kier molecular flexibility index (Phi) is 18.2. The normalized spacial score (nSPS) is 17.7. The summed E-state index contributed by atoms with van der Waals surface area (Å²) in [5.74, 6) is 0.145. The molecule has 0 bridgehead atoms. The number of ether oxygens (including phenoxy) is 1. The summed E-state index contributed by atoms with van der Waals surface area (Å²) in [5, 5.41) is 3.37. The topological polar surface area (TPSA) is 147 Å². The lowest BCUT2D eigenvalue weighted by Crippen LogP contribution is -2.52. The first-order valence-corrected chi connectivity index (χ1v) is 25.4. The quantitative estimate of drug-likeness (QED) is 0.163. The maximum absolute atomic E-state index is 12.8. The molecule has 0 aromatic heterocycles. The molecule has 316 valence electrons. The molecule has 11 nitrogen and oxygen atoms in total. The predicted molar refractivity (Wildman–Crippen MR) is 226 cm³/mol. The van der Waals surface area contributed by atoms with Crippen LogP contribution in [0.25, 0.3) is 0 Å². The van der Waals surface area contributed by atoms with Gasteiger partial charge in [0.15, 0.2) is 0 Å². The minimum absolute atomic E-state index is 0.145. The first kappa shape index (κ1) is 47.0.